The SMILES string of the molecule is c1cc(-c2cccc3c2oc2ccccc23)cc(N(c2ccc(-c3ccc(-c4cccc5c4oc4ccccc45)cc3)cc2)c2ccc3c(c2)sc2ccccc23)c1. The van der Waals surface area contributed by atoms with Crippen molar-refractivity contribution in [2.24, 2.45) is 0 Å². The van der Waals surface area contributed by atoms with Crippen molar-refractivity contribution in [1.29, 1.82) is 0 Å². The first-order chi connectivity index (χ1) is 28.7. The van der Waals surface area contributed by atoms with Crippen LogP contribution in [0.25, 0.3) is 97.4 Å². The fourth-order valence-corrected chi connectivity index (χ4v) is 9.85. The highest BCUT2D eigenvalue weighted by Crippen LogP contribution is 2.43. The largest absolute Gasteiger partial charge is 0.455 e. The number of hydrogen-bond donors (Lipinski definition) is 0. The summed E-state index contributed by atoms with van der Waals surface area (Å²) in [4.78, 5) is 2.37. The lowest BCUT2D eigenvalue weighted by atomic mass is 9.98. The van der Waals surface area contributed by atoms with Crippen molar-refractivity contribution >= 4 is 92.4 Å². The van der Waals surface area contributed by atoms with Gasteiger partial charge in [0.05, 0.1) is 0 Å². The van der Waals surface area contributed by atoms with Crippen LogP contribution in [0, 0.1) is 0 Å². The Morgan fingerprint density at radius 2 is 0.810 bits per heavy atom. The third kappa shape index (κ3) is 5.27. The number of benzene rings is 9. The minimum atomic E-state index is 0.901. The number of rotatable bonds is 6. The van der Waals surface area contributed by atoms with E-state index in [-0.39, 0.29) is 0 Å². The van der Waals surface area contributed by atoms with Crippen molar-refractivity contribution in [2.45, 2.75) is 0 Å². The Hall–Kier alpha value is -7.40. The number of fused-ring (bicyclic) bond motifs is 9. The first kappa shape index (κ1) is 32.8. The molecule has 9 aromatic carbocycles. The predicted molar refractivity (Wildman–Crippen MR) is 245 cm³/mol. The van der Waals surface area contributed by atoms with E-state index in [9.17, 15) is 0 Å². The van der Waals surface area contributed by atoms with Crippen molar-refractivity contribution in [3.8, 4) is 33.4 Å². The highest BCUT2D eigenvalue weighted by molar-refractivity contribution is 7.25. The van der Waals surface area contributed by atoms with Gasteiger partial charge >= 0.3 is 0 Å². The standard InChI is InChI=1S/C54H33NO2S/c1-4-19-49-43(12-1)47-17-8-15-41(53(47)56-49)36-24-22-34(23-25-36)35-26-28-38(29-27-35)55(40-30-31-46-45-14-3-6-21-51(45)58-52(46)33-40)39-11-7-10-37(32-39)42-16-9-18-48-44-13-2-5-20-50(44)57-54(42)48/h1-33H. The summed E-state index contributed by atoms with van der Waals surface area (Å²) < 4.78 is 15.4. The van der Waals surface area contributed by atoms with Crippen LogP contribution < -0.4 is 4.90 Å². The topological polar surface area (TPSA) is 29.5 Å². The maximum atomic E-state index is 6.49. The first-order valence-electron chi connectivity index (χ1n) is 19.6. The molecule has 12 aromatic rings. The van der Waals surface area contributed by atoms with Gasteiger partial charge in [0.1, 0.15) is 22.3 Å². The monoisotopic (exact) mass is 759 g/mol. The van der Waals surface area contributed by atoms with Gasteiger partial charge in [0, 0.05) is 69.9 Å². The van der Waals surface area contributed by atoms with Gasteiger partial charge in [-0.1, -0.05) is 146 Å². The van der Waals surface area contributed by atoms with Crippen LogP contribution in [0.2, 0.25) is 0 Å². The van der Waals surface area contributed by atoms with Gasteiger partial charge in [-0.2, -0.15) is 0 Å². The van der Waals surface area contributed by atoms with Gasteiger partial charge in [-0.05, 0) is 76.9 Å². The smallest absolute Gasteiger partial charge is 0.143 e. The molecule has 12 rings (SSSR count). The minimum Gasteiger partial charge on any atom is -0.455 e. The average molecular weight is 760 g/mol. The van der Waals surface area contributed by atoms with Crippen molar-refractivity contribution in [3.05, 3.63) is 200 Å². The molecule has 0 saturated heterocycles. The molecular formula is C54H33NO2S. The average Bonchev–Trinajstić information content (AvgIpc) is 3.98. The molecule has 0 spiro atoms. The van der Waals surface area contributed by atoms with Gasteiger partial charge in [0.2, 0.25) is 0 Å². The molecule has 0 radical (unpaired) electrons. The molecule has 0 N–H and O–H groups in total. The fraction of sp³-hybridized carbons (Fsp3) is 0. The van der Waals surface area contributed by atoms with Crippen LogP contribution >= 0.6 is 11.3 Å². The zero-order valence-corrected chi connectivity index (χ0v) is 32.0. The molecule has 0 unspecified atom stereocenters. The fourth-order valence-electron chi connectivity index (χ4n) is 8.71. The molecule has 0 atom stereocenters. The van der Waals surface area contributed by atoms with E-state index in [1.165, 1.54) is 20.2 Å². The first-order valence-corrected chi connectivity index (χ1v) is 20.4. The maximum Gasteiger partial charge on any atom is 0.143 e. The zero-order chi connectivity index (χ0) is 38.2. The molecule has 0 amide bonds. The summed E-state index contributed by atoms with van der Waals surface area (Å²) in [5.74, 6) is 0. The Bertz CT molecular complexity index is 3520. The molecule has 272 valence electrons. The quantitative estimate of drug-likeness (QED) is 0.169. The van der Waals surface area contributed by atoms with Gasteiger partial charge in [0.15, 0.2) is 0 Å². The van der Waals surface area contributed by atoms with Crippen LogP contribution in [0.15, 0.2) is 209 Å². The van der Waals surface area contributed by atoms with Crippen LogP contribution in [0.5, 0.6) is 0 Å². The number of anilines is 3. The van der Waals surface area contributed by atoms with Gasteiger partial charge in [-0.25, -0.2) is 0 Å². The van der Waals surface area contributed by atoms with Gasteiger partial charge in [0.25, 0.3) is 0 Å². The Morgan fingerprint density at radius 3 is 1.50 bits per heavy atom. The summed E-state index contributed by atoms with van der Waals surface area (Å²) >= 11 is 1.84. The number of nitrogens with zero attached hydrogens (tertiary/aromatic N) is 1. The summed E-state index contributed by atoms with van der Waals surface area (Å²) in [6.07, 6.45) is 0. The van der Waals surface area contributed by atoms with Crippen molar-refractivity contribution in [1.82, 2.24) is 0 Å². The Balaban J connectivity index is 0.942. The second kappa shape index (κ2) is 13.1. The number of thiophene rings is 1. The third-order valence-corrected chi connectivity index (χ3v) is 12.6. The summed E-state index contributed by atoms with van der Waals surface area (Å²) in [6.45, 7) is 0. The van der Waals surface area contributed by atoms with Crippen molar-refractivity contribution < 1.29 is 8.83 Å². The molecular weight excluding hydrogens is 727 g/mol. The van der Waals surface area contributed by atoms with Crippen molar-refractivity contribution in [2.75, 3.05) is 4.90 Å². The summed E-state index contributed by atoms with van der Waals surface area (Å²) in [7, 11) is 0. The van der Waals surface area contributed by atoms with E-state index in [2.05, 4.69) is 181 Å². The highest BCUT2D eigenvalue weighted by atomic mass is 32.1. The van der Waals surface area contributed by atoms with E-state index >= 15 is 0 Å². The van der Waals surface area contributed by atoms with E-state index in [4.69, 9.17) is 8.83 Å². The molecule has 3 aromatic heterocycles. The lowest BCUT2D eigenvalue weighted by molar-refractivity contribution is 0.669. The van der Waals surface area contributed by atoms with E-state index in [0.29, 0.717) is 0 Å². The molecule has 0 aliphatic heterocycles. The van der Waals surface area contributed by atoms with Crippen molar-refractivity contribution in [3.63, 3.8) is 0 Å². The maximum absolute atomic E-state index is 6.49. The molecule has 0 saturated carbocycles. The molecule has 3 nitrogen and oxygen atoms in total. The molecule has 0 aliphatic carbocycles. The van der Waals surface area contributed by atoms with Crippen LogP contribution in [0.3, 0.4) is 0 Å². The lowest BCUT2D eigenvalue weighted by Gasteiger charge is -2.26. The Kier molecular flexibility index (Phi) is 7.40. The van der Waals surface area contributed by atoms with Gasteiger partial charge < -0.3 is 13.7 Å². The number of furan rings is 2. The summed E-state index contributed by atoms with van der Waals surface area (Å²) in [5.41, 5.74) is 13.6. The number of hydrogen-bond acceptors (Lipinski definition) is 4. The highest BCUT2D eigenvalue weighted by Gasteiger charge is 2.18. The van der Waals surface area contributed by atoms with E-state index in [1.54, 1.807) is 0 Å². The molecule has 0 fully saturated rings. The molecule has 4 heteroatoms. The molecule has 0 aliphatic rings. The second-order valence-corrected chi connectivity index (χ2v) is 15.9. The summed E-state index contributed by atoms with van der Waals surface area (Å²) in [5, 5.41) is 7.12. The second-order valence-electron chi connectivity index (χ2n) is 14.8. The normalized spacial score (nSPS) is 11.8. The van der Waals surface area contributed by atoms with Crippen LogP contribution in [-0.2, 0) is 0 Å². The molecule has 0 bridgehead atoms. The number of para-hydroxylation sites is 4. The third-order valence-electron chi connectivity index (χ3n) is 11.5. The van der Waals surface area contributed by atoms with Gasteiger partial charge in [-0.15, -0.1) is 11.3 Å². The Morgan fingerprint density at radius 1 is 0.310 bits per heavy atom. The molecule has 3 heterocycles. The van der Waals surface area contributed by atoms with Crippen LogP contribution in [0.1, 0.15) is 0 Å². The van der Waals surface area contributed by atoms with E-state index < -0.39 is 0 Å². The van der Waals surface area contributed by atoms with E-state index in [1.807, 2.05) is 35.6 Å². The van der Waals surface area contributed by atoms with E-state index in [0.717, 1.165) is 94.3 Å². The Labute approximate surface area is 338 Å². The zero-order valence-electron chi connectivity index (χ0n) is 31.2. The summed E-state index contributed by atoms with van der Waals surface area (Å²) in [6, 6.07) is 71.5. The predicted octanol–water partition coefficient (Wildman–Crippen LogP) is 16.3. The van der Waals surface area contributed by atoms with Gasteiger partial charge in [-0.3, -0.25) is 0 Å². The van der Waals surface area contributed by atoms with Crippen LogP contribution in [-0.4, -0.2) is 0 Å². The van der Waals surface area contributed by atoms with Crippen LogP contribution in [0.4, 0.5) is 17.1 Å². The minimum absolute atomic E-state index is 0.901. The lowest BCUT2D eigenvalue weighted by Crippen LogP contribution is -2.10. The molecule has 58 heavy (non-hydrogen) atoms.